The molecule has 140 valence electrons. The fourth-order valence-electron chi connectivity index (χ4n) is 3.84. The van der Waals surface area contributed by atoms with Crippen LogP contribution in [0, 0.1) is 0 Å². The van der Waals surface area contributed by atoms with E-state index in [-0.39, 0.29) is 24.2 Å². The summed E-state index contributed by atoms with van der Waals surface area (Å²) in [5.41, 5.74) is -0.326. The van der Waals surface area contributed by atoms with E-state index in [0.717, 1.165) is 38.4 Å². The minimum atomic E-state index is -0.326. The molecule has 2 aliphatic heterocycles. The van der Waals surface area contributed by atoms with Crippen LogP contribution in [0.4, 0.5) is 4.79 Å². The van der Waals surface area contributed by atoms with E-state index in [2.05, 4.69) is 27.5 Å². The number of nitrogens with one attached hydrogen (secondary N) is 2. The molecule has 6 nitrogen and oxygen atoms in total. The molecule has 2 aliphatic rings. The number of aliphatic hydroxyl groups is 1. The Morgan fingerprint density at radius 1 is 1.17 bits per heavy atom. The molecule has 2 saturated heterocycles. The Morgan fingerprint density at radius 3 is 2.33 bits per heavy atom. The second-order valence-corrected chi connectivity index (χ2v) is 7.83. The van der Waals surface area contributed by atoms with E-state index < -0.39 is 0 Å². The second-order valence-electron chi connectivity index (χ2n) is 7.83. The molecule has 2 rings (SSSR count). The largest absolute Gasteiger partial charge is 0.396 e. The Bertz CT molecular complexity index is 390. The van der Waals surface area contributed by atoms with Crippen LogP contribution in [0.5, 0.6) is 0 Å². The van der Waals surface area contributed by atoms with Crippen LogP contribution < -0.4 is 10.6 Å². The molecule has 0 bridgehead atoms. The topological polar surface area (TPSA) is 67.8 Å². The van der Waals surface area contributed by atoms with E-state index in [1.54, 1.807) is 0 Å². The smallest absolute Gasteiger partial charge is 0.315 e. The molecule has 3 N–H and O–H groups in total. The second kappa shape index (κ2) is 9.02. The lowest BCUT2D eigenvalue weighted by molar-refractivity contribution is 0.0930. The lowest BCUT2D eigenvalue weighted by atomic mass is 9.95. The van der Waals surface area contributed by atoms with Gasteiger partial charge in [0.05, 0.1) is 0 Å². The Labute approximate surface area is 147 Å². The first-order valence-corrected chi connectivity index (χ1v) is 9.58. The van der Waals surface area contributed by atoms with Gasteiger partial charge in [0, 0.05) is 37.3 Å². The number of carbonyl (C=O) groups excluding carboxylic acids is 1. The van der Waals surface area contributed by atoms with Crippen molar-refractivity contribution in [3.05, 3.63) is 0 Å². The predicted octanol–water partition coefficient (Wildman–Crippen LogP) is 1.40. The summed E-state index contributed by atoms with van der Waals surface area (Å²) in [6.45, 7) is 8.69. The van der Waals surface area contributed by atoms with Crippen molar-refractivity contribution in [2.45, 2.75) is 70.0 Å². The van der Waals surface area contributed by atoms with Crippen LogP contribution >= 0.6 is 0 Å². The molecule has 2 amide bonds. The summed E-state index contributed by atoms with van der Waals surface area (Å²) in [4.78, 5) is 17.3. The fourth-order valence-corrected chi connectivity index (χ4v) is 3.84. The monoisotopic (exact) mass is 340 g/mol. The highest BCUT2D eigenvalue weighted by molar-refractivity contribution is 5.75. The molecule has 0 aliphatic carbocycles. The first-order chi connectivity index (χ1) is 11.5. The SMILES string of the molecule is CCC(C)(CCO)NC(=O)NC1CCN(C2CCN(C)CC2)CC1. The minimum absolute atomic E-state index is 0.0921. The van der Waals surface area contributed by atoms with E-state index in [0.29, 0.717) is 6.42 Å². The summed E-state index contributed by atoms with van der Waals surface area (Å²) in [6.07, 6.45) is 6.00. The average Bonchev–Trinajstić information content (AvgIpc) is 2.56. The van der Waals surface area contributed by atoms with Gasteiger partial charge < -0.3 is 25.5 Å². The maximum atomic E-state index is 12.3. The third-order valence-corrected chi connectivity index (χ3v) is 5.93. The van der Waals surface area contributed by atoms with Crippen molar-refractivity contribution >= 4 is 6.03 Å². The molecule has 0 aromatic rings. The summed E-state index contributed by atoms with van der Waals surface area (Å²) < 4.78 is 0. The third kappa shape index (κ3) is 5.60. The molecule has 0 radical (unpaired) electrons. The number of aliphatic hydroxyl groups excluding tert-OH is 1. The number of rotatable bonds is 6. The molecule has 0 saturated carbocycles. The maximum absolute atomic E-state index is 12.3. The lowest BCUT2D eigenvalue weighted by Crippen LogP contribution is -2.55. The average molecular weight is 341 g/mol. The van der Waals surface area contributed by atoms with Crippen molar-refractivity contribution in [2.24, 2.45) is 0 Å². The van der Waals surface area contributed by atoms with Gasteiger partial charge in [-0.2, -0.15) is 0 Å². The van der Waals surface area contributed by atoms with Crippen LogP contribution in [0.3, 0.4) is 0 Å². The van der Waals surface area contributed by atoms with Crippen LogP contribution in [0.15, 0.2) is 0 Å². The molecular weight excluding hydrogens is 304 g/mol. The number of likely N-dealkylation sites (tertiary alicyclic amines) is 2. The Balaban J connectivity index is 1.71. The highest BCUT2D eigenvalue weighted by atomic mass is 16.3. The van der Waals surface area contributed by atoms with Gasteiger partial charge in [-0.15, -0.1) is 0 Å². The van der Waals surface area contributed by atoms with Crippen molar-refractivity contribution in [3.63, 3.8) is 0 Å². The number of amides is 2. The summed E-state index contributed by atoms with van der Waals surface area (Å²) in [5, 5.41) is 15.3. The van der Waals surface area contributed by atoms with Gasteiger partial charge in [0.25, 0.3) is 0 Å². The normalized spacial score (nSPS) is 24.5. The molecule has 2 heterocycles. The van der Waals surface area contributed by atoms with Gasteiger partial charge in [-0.05, 0) is 65.6 Å². The van der Waals surface area contributed by atoms with Crippen molar-refractivity contribution < 1.29 is 9.90 Å². The van der Waals surface area contributed by atoms with Crippen LogP contribution in [-0.2, 0) is 0 Å². The number of carbonyl (C=O) groups is 1. The predicted molar refractivity (Wildman–Crippen MR) is 97.2 cm³/mol. The number of hydrogen-bond acceptors (Lipinski definition) is 4. The molecule has 6 heteroatoms. The Kier molecular flexibility index (Phi) is 7.32. The number of urea groups is 1. The molecule has 24 heavy (non-hydrogen) atoms. The molecule has 1 unspecified atom stereocenters. The Hall–Kier alpha value is -0.850. The molecule has 1 atom stereocenters. The zero-order valence-electron chi connectivity index (χ0n) is 15.7. The molecule has 0 aromatic heterocycles. The summed E-state index contributed by atoms with van der Waals surface area (Å²) in [7, 11) is 2.20. The zero-order valence-corrected chi connectivity index (χ0v) is 15.7. The lowest BCUT2D eigenvalue weighted by Gasteiger charge is -2.41. The van der Waals surface area contributed by atoms with Crippen molar-refractivity contribution in [1.82, 2.24) is 20.4 Å². The summed E-state index contributed by atoms with van der Waals surface area (Å²) in [6, 6.07) is 0.900. The van der Waals surface area contributed by atoms with E-state index in [4.69, 9.17) is 5.11 Å². The first kappa shape index (κ1) is 19.5. The minimum Gasteiger partial charge on any atom is -0.396 e. The van der Waals surface area contributed by atoms with E-state index in [9.17, 15) is 4.79 Å². The van der Waals surface area contributed by atoms with Crippen LogP contribution in [0.25, 0.3) is 0 Å². The molecule has 0 aromatic carbocycles. The van der Waals surface area contributed by atoms with Gasteiger partial charge in [-0.1, -0.05) is 6.92 Å². The number of hydrogen-bond donors (Lipinski definition) is 3. The van der Waals surface area contributed by atoms with Crippen molar-refractivity contribution in [3.8, 4) is 0 Å². The quantitative estimate of drug-likeness (QED) is 0.684. The van der Waals surface area contributed by atoms with Gasteiger partial charge in [0.2, 0.25) is 0 Å². The molecule has 0 spiro atoms. The highest BCUT2D eigenvalue weighted by Gasteiger charge is 2.29. The van der Waals surface area contributed by atoms with Gasteiger partial charge in [0.1, 0.15) is 0 Å². The molecular formula is C18H36N4O2. The fraction of sp³-hybridized carbons (Fsp3) is 0.944. The van der Waals surface area contributed by atoms with Gasteiger partial charge in [-0.3, -0.25) is 0 Å². The maximum Gasteiger partial charge on any atom is 0.315 e. The van der Waals surface area contributed by atoms with Crippen molar-refractivity contribution in [2.75, 3.05) is 39.8 Å². The number of piperidine rings is 2. The van der Waals surface area contributed by atoms with Crippen molar-refractivity contribution in [1.29, 1.82) is 0 Å². The van der Waals surface area contributed by atoms with Gasteiger partial charge >= 0.3 is 6.03 Å². The zero-order chi connectivity index (χ0) is 17.6. The number of nitrogens with zero attached hydrogens (tertiary/aromatic N) is 2. The summed E-state index contributed by atoms with van der Waals surface area (Å²) in [5.74, 6) is 0. The van der Waals surface area contributed by atoms with Crippen LogP contribution in [0.2, 0.25) is 0 Å². The van der Waals surface area contributed by atoms with Crippen LogP contribution in [0.1, 0.15) is 52.4 Å². The third-order valence-electron chi connectivity index (χ3n) is 5.93. The van der Waals surface area contributed by atoms with E-state index >= 15 is 0 Å². The van der Waals surface area contributed by atoms with E-state index in [1.165, 1.54) is 25.9 Å². The van der Waals surface area contributed by atoms with Crippen LogP contribution in [-0.4, -0.2) is 78.4 Å². The Morgan fingerprint density at radius 2 is 1.79 bits per heavy atom. The standard InChI is InChI=1S/C18H36N4O2/c1-4-18(2,9-14-23)20-17(24)19-15-5-12-22(13-6-15)16-7-10-21(3)11-8-16/h15-16,23H,4-14H2,1-3H3,(H2,19,20,24). The van der Waals surface area contributed by atoms with E-state index in [1.807, 2.05) is 13.8 Å². The van der Waals surface area contributed by atoms with Gasteiger partial charge in [-0.25, -0.2) is 4.79 Å². The summed E-state index contributed by atoms with van der Waals surface area (Å²) >= 11 is 0. The molecule has 2 fully saturated rings. The van der Waals surface area contributed by atoms with Gasteiger partial charge in [0.15, 0.2) is 0 Å². The highest BCUT2D eigenvalue weighted by Crippen LogP contribution is 2.21. The first-order valence-electron chi connectivity index (χ1n) is 9.58.